The van der Waals surface area contributed by atoms with Crippen LogP contribution in [0.5, 0.6) is 0 Å². The van der Waals surface area contributed by atoms with Gasteiger partial charge in [-0.1, -0.05) is 44.2 Å². The first-order chi connectivity index (χ1) is 11.5. The Morgan fingerprint density at radius 1 is 1.21 bits per heavy atom. The first-order valence-electron chi connectivity index (χ1n) is 9.30. The van der Waals surface area contributed by atoms with E-state index in [-0.39, 0.29) is 11.1 Å². The van der Waals surface area contributed by atoms with E-state index in [4.69, 9.17) is 4.74 Å². The van der Waals surface area contributed by atoms with Crippen molar-refractivity contribution in [3.63, 3.8) is 0 Å². The Morgan fingerprint density at radius 2 is 2.00 bits per heavy atom. The van der Waals surface area contributed by atoms with Crippen LogP contribution in [-0.2, 0) is 16.1 Å². The van der Waals surface area contributed by atoms with Crippen LogP contribution >= 0.6 is 0 Å². The van der Waals surface area contributed by atoms with Gasteiger partial charge in [0.05, 0.1) is 0 Å². The van der Waals surface area contributed by atoms with Crippen LogP contribution in [0.2, 0.25) is 0 Å². The van der Waals surface area contributed by atoms with Crippen molar-refractivity contribution in [2.75, 3.05) is 0 Å². The lowest BCUT2D eigenvalue weighted by Crippen LogP contribution is -2.97. The summed E-state index contributed by atoms with van der Waals surface area (Å²) in [6, 6.07) is 10.6. The molecule has 128 valence electrons. The normalized spacial score (nSPS) is 31.4. The van der Waals surface area contributed by atoms with Crippen molar-refractivity contribution >= 4 is 5.78 Å². The number of benzene rings is 1. The standard InChI is InChI=1S/C21H27NO2/c1-20(2)12-17(23)19-16-9-6-10-21(11-16,24-18(19)13-20)22-14-15-7-4-3-5-8-15/h3-5,7-8,16,22H,6,9-14H2,1-2H3/p+1/t16-,21+/m1/s1. The van der Waals surface area contributed by atoms with E-state index in [1.807, 2.05) is 0 Å². The van der Waals surface area contributed by atoms with Crippen molar-refractivity contribution in [1.29, 1.82) is 0 Å². The highest BCUT2D eigenvalue weighted by Gasteiger charge is 2.51. The molecule has 0 amide bonds. The van der Waals surface area contributed by atoms with Gasteiger partial charge in [0.15, 0.2) is 5.78 Å². The fraction of sp³-hybridized carbons (Fsp3) is 0.571. The minimum Gasteiger partial charge on any atom is -0.444 e. The second-order valence-corrected chi connectivity index (χ2v) is 8.63. The summed E-state index contributed by atoms with van der Waals surface area (Å²) in [5.41, 5.74) is 2.24. The highest BCUT2D eigenvalue weighted by Crippen LogP contribution is 2.49. The van der Waals surface area contributed by atoms with Gasteiger partial charge in [0.25, 0.3) is 0 Å². The number of carbonyl (C=O) groups excluding carboxylic acids is 1. The van der Waals surface area contributed by atoms with Crippen LogP contribution < -0.4 is 5.32 Å². The van der Waals surface area contributed by atoms with E-state index in [1.54, 1.807) is 0 Å². The quantitative estimate of drug-likeness (QED) is 0.926. The molecule has 1 aliphatic heterocycles. The van der Waals surface area contributed by atoms with Crippen LogP contribution in [0, 0.1) is 11.3 Å². The lowest BCUT2D eigenvalue weighted by Gasteiger charge is -2.47. The molecule has 1 aromatic rings. The highest BCUT2D eigenvalue weighted by molar-refractivity contribution is 5.97. The van der Waals surface area contributed by atoms with Crippen molar-refractivity contribution in [2.24, 2.45) is 11.3 Å². The van der Waals surface area contributed by atoms with Crippen LogP contribution in [0.1, 0.15) is 57.9 Å². The molecule has 0 spiro atoms. The zero-order valence-corrected chi connectivity index (χ0v) is 14.8. The minimum absolute atomic E-state index is 0.0299. The average Bonchev–Trinajstić information content (AvgIpc) is 2.52. The molecule has 4 rings (SSSR count). The molecular formula is C21H28NO2+. The van der Waals surface area contributed by atoms with Gasteiger partial charge >= 0.3 is 0 Å². The Hall–Kier alpha value is -1.61. The third-order valence-corrected chi connectivity index (χ3v) is 5.91. The molecule has 1 saturated carbocycles. The van der Waals surface area contributed by atoms with Crippen molar-refractivity contribution in [1.82, 2.24) is 0 Å². The summed E-state index contributed by atoms with van der Waals surface area (Å²) in [4.78, 5) is 12.7. The Bertz CT molecular complexity index is 676. The smallest absolute Gasteiger partial charge is 0.240 e. The topological polar surface area (TPSA) is 42.9 Å². The van der Waals surface area contributed by atoms with Gasteiger partial charge in [-0.05, 0) is 18.3 Å². The van der Waals surface area contributed by atoms with E-state index in [0.717, 1.165) is 50.0 Å². The molecule has 0 radical (unpaired) electrons. The largest absolute Gasteiger partial charge is 0.444 e. The molecule has 1 fully saturated rings. The van der Waals surface area contributed by atoms with Crippen LogP contribution in [0.3, 0.4) is 0 Å². The van der Waals surface area contributed by atoms with E-state index < -0.39 is 0 Å². The van der Waals surface area contributed by atoms with Gasteiger partial charge in [0.2, 0.25) is 5.72 Å². The molecule has 1 heterocycles. The molecule has 3 heteroatoms. The number of hydrogen-bond donors (Lipinski definition) is 1. The minimum atomic E-state index is -0.161. The van der Waals surface area contributed by atoms with Gasteiger partial charge in [-0.25, -0.2) is 0 Å². The molecule has 2 N–H and O–H groups in total. The Balaban J connectivity index is 1.58. The summed E-state index contributed by atoms with van der Waals surface area (Å²) in [5.74, 6) is 1.76. The number of rotatable bonds is 3. The van der Waals surface area contributed by atoms with Crippen molar-refractivity contribution in [3.05, 3.63) is 47.2 Å². The number of quaternary nitrogens is 1. The molecule has 0 unspecified atom stereocenters. The SMILES string of the molecule is CC1(C)CC(=O)C2=C(C1)O[C@@]1([NH2+]Cc3ccccc3)CCC[C@@H]2C1. The molecule has 0 aromatic heterocycles. The lowest BCUT2D eigenvalue weighted by atomic mass is 9.68. The summed E-state index contributed by atoms with van der Waals surface area (Å²) in [6.07, 6.45) is 5.96. The monoisotopic (exact) mass is 326 g/mol. The second-order valence-electron chi connectivity index (χ2n) is 8.63. The number of fused-ring (bicyclic) bond motifs is 3. The van der Waals surface area contributed by atoms with Crippen molar-refractivity contribution in [2.45, 2.75) is 64.6 Å². The molecule has 2 bridgehead atoms. The third-order valence-electron chi connectivity index (χ3n) is 5.91. The van der Waals surface area contributed by atoms with E-state index in [9.17, 15) is 4.79 Å². The number of Topliss-reactive ketones (excluding diaryl/α,β-unsaturated/α-hetero) is 1. The lowest BCUT2D eigenvalue weighted by molar-refractivity contribution is -0.785. The van der Waals surface area contributed by atoms with Crippen LogP contribution in [0.15, 0.2) is 41.7 Å². The second kappa shape index (κ2) is 5.73. The molecule has 3 aliphatic rings. The van der Waals surface area contributed by atoms with Gasteiger partial charge in [-0.15, -0.1) is 0 Å². The summed E-state index contributed by atoms with van der Waals surface area (Å²) in [7, 11) is 0. The van der Waals surface area contributed by atoms with Crippen molar-refractivity contribution < 1.29 is 14.8 Å². The number of ketones is 1. The highest BCUT2D eigenvalue weighted by atomic mass is 16.5. The number of allylic oxidation sites excluding steroid dienone is 2. The van der Waals surface area contributed by atoms with Gasteiger partial charge in [0.1, 0.15) is 12.3 Å². The molecule has 0 saturated heterocycles. The maximum atomic E-state index is 12.7. The summed E-state index contributed by atoms with van der Waals surface area (Å²) >= 11 is 0. The Labute approximate surface area is 144 Å². The fourth-order valence-electron chi connectivity index (χ4n) is 4.82. The molecule has 24 heavy (non-hydrogen) atoms. The molecule has 2 atom stereocenters. The number of ether oxygens (including phenoxy) is 1. The summed E-state index contributed by atoms with van der Waals surface area (Å²) in [6.45, 7) is 5.30. The van der Waals surface area contributed by atoms with Crippen LogP contribution in [0.25, 0.3) is 0 Å². The molecule has 2 aliphatic carbocycles. The predicted octanol–water partition coefficient (Wildman–Crippen LogP) is 3.31. The van der Waals surface area contributed by atoms with Gasteiger partial charge < -0.3 is 10.1 Å². The Kier molecular flexibility index (Phi) is 3.80. The van der Waals surface area contributed by atoms with E-state index in [2.05, 4.69) is 49.5 Å². The van der Waals surface area contributed by atoms with Gasteiger partial charge in [0, 0.05) is 42.7 Å². The van der Waals surface area contributed by atoms with Gasteiger partial charge in [-0.3, -0.25) is 4.79 Å². The van der Waals surface area contributed by atoms with Crippen LogP contribution in [-0.4, -0.2) is 11.5 Å². The fourth-order valence-corrected chi connectivity index (χ4v) is 4.82. The number of hydrogen-bond acceptors (Lipinski definition) is 2. The average molecular weight is 326 g/mol. The summed E-state index contributed by atoms with van der Waals surface area (Å²) < 4.78 is 6.58. The Morgan fingerprint density at radius 3 is 2.79 bits per heavy atom. The maximum Gasteiger partial charge on any atom is 0.240 e. The number of nitrogens with two attached hydrogens (primary N) is 1. The maximum absolute atomic E-state index is 12.7. The number of carbonyl (C=O) groups is 1. The van der Waals surface area contributed by atoms with E-state index in [1.165, 1.54) is 5.56 Å². The first-order valence-corrected chi connectivity index (χ1v) is 9.30. The van der Waals surface area contributed by atoms with Crippen LogP contribution in [0.4, 0.5) is 0 Å². The van der Waals surface area contributed by atoms with E-state index >= 15 is 0 Å². The summed E-state index contributed by atoms with van der Waals surface area (Å²) in [5, 5.41) is 2.38. The first kappa shape index (κ1) is 15.9. The predicted molar refractivity (Wildman–Crippen MR) is 92.9 cm³/mol. The molecular weight excluding hydrogens is 298 g/mol. The molecule has 3 nitrogen and oxygen atoms in total. The third kappa shape index (κ3) is 2.90. The van der Waals surface area contributed by atoms with Crippen molar-refractivity contribution in [3.8, 4) is 0 Å². The van der Waals surface area contributed by atoms with E-state index in [0.29, 0.717) is 18.1 Å². The zero-order valence-electron chi connectivity index (χ0n) is 14.8. The molecule has 1 aromatic carbocycles. The zero-order chi connectivity index (χ0) is 16.8. The van der Waals surface area contributed by atoms with Gasteiger partial charge in [-0.2, -0.15) is 0 Å².